The van der Waals surface area contributed by atoms with Crippen molar-refractivity contribution in [2.75, 3.05) is 23.7 Å². The first kappa shape index (κ1) is 14.4. The predicted octanol–water partition coefficient (Wildman–Crippen LogP) is 1.45. The average Bonchev–Trinajstić information content (AvgIpc) is 2.33. The molecule has 2 rings (SSSR count). The SMILES string of the molecule is CCNc1nc(C)c([N+](=O)[O-])c(NCC2(O)CCC2)n1. The Labute approximate surface area is 116 Å². The number of hydrogen-bond donors (Lipinski definition) is 3. The minimum Gasteiger partial charge on any atom is -0.388 e. The van der Waals surface area contributed by atoms with Crippen molar-refractivity contribution in [1.82, 2.24) is 9.97 Å². The molecule has 1 heterocycles. The second-order valence-electron chi connectivity index (χ2n) is 5.05. The Balaban J connectivity index is 2.24. The van der Waals surface area contributed by atoms with Gasteiger partial charge in [0.2, 0.25) is 11.8 Å². The predicted molar refractivity (Wildman–Crippen MR) is 74.9 cm³/mol. The molecule has 1 aromatic rings. The molecule has 0 bridgehead atoms. The molecule has 8 nitrogen and oxygen atoms in total. The zero-order chi connectivity index (χ0) is 14.8. The van der Waals surface area contributed by atoms with Crippen molar-refractivity contribution in [3.63, 3.8) is 0 Å². The lowest BCUT2D eigenvalue weighted by atomic mass is 9.80. The molecule has 1 aliphatic rings. The maximum atomic E-state index is 11.1. The molecule has 0 aliphatic heterocycles. The normalized spacial score (nSPS) is 16.4. The van der Waals surface area contributed by atoms with Crippen molar-refractivity contribution >= 4 is 17.5 Å². The van der Waals surface area contributed by atoms with E-state index in [1.165, 1.54) is 0 Å². The molecule has 8 heteroatoms. The highest BCUT2D eigenvalue weighted by Crippen LogP contribution is 2.33. The zero-order valence-corrected chi connectivity index (χ0v) is 11.6. The van der Waals surface area contributed by atoms with Crippen molar-refractivity contribution in [2.24, 2.45) is 0 Å². The van der Waals surface area contributed by atoms with Crippen LogP contribution >= 0.6 is 0 Å². The number of nitrogens with one attached hydrogen (secondary N) is 2. The van der Waals surface area contributed by atoms with E-state index in [1.807, 2.05) is 6.92 Å². The van der Waals surface area contributed by atoms with E-state index in [0.29, 0.717) is 31.0 Å². The van der Waals surface area contributed by atoms with E-state index in [1.54, 1.807) is 6.92 Å². The summed E-state index contributed by atoms with van der Waals surface area (Å²) >= 11 is 0. The summed E-state index contributed by atoms with van der Waals surface area (Å²) in [4.78, 5) is 18.8. The highest BCUT2D eigenvalue weighted by molar-refractivity contribution is 5.61. The van der Waals surface area contributed by atoms with Gasteiger partial charge in [0.15, 0.2) is 0 Å². The van der Waals surface area contributed by atoms with E-state index in [0.717, 1.165) is 6.42 Å². The van der Waals surface area contributed by atoms with Crippen LogP contribution < -0.4 is 10.6 Å². The Morgan fingerprint density at radius 1 is 1.40 bits per heavy atom. The number of aliphatic hydroxyl groups is 1. The molecular weight excluding hydrogens is 262 g/mol. The van der Waals surface area contributed by atoms with E-state index in [2.05, 4.69) is 20.6 Å². The van der Waals surface area contributed by atoms with Gasteiger partial charge in [-0.3, -0.25) is 10.1 Å². The molecule has 20 heavy (non-hydrogen) atoms. The number of rotatable bonds is 6. The highest BCUT2D eigenvalue weighted by Gasteiger charge is 2.35. The summed E-state index contributed by atoms with van der Waals surface area (Å²) in [5, 5.41) is 27.0. The van der Waals surface area contributed by atoms with Crippen LogP contribution in [0.2, 0.25) is 0 Å². The summed E-state index contributed by atoms with van der Waals surface area (Å²) in [6, 6.07) is 0. The lowest BCUT2D eigenvalue weighted by Gasteiger charge is -2.36. The first-order valence-electron chi connectivity index (χ1n) is 6.68. The maximum Gasteiger partial charge on any atom is 0.332 e. The molecule has 0 spiro atoms. The second-order valence-corrected chi connectivity index (χ2v) is 5.05. The molecular formula is C12H19N5O3. The fourth-order valence-corrected chi connectivity index (χ4v) is 2.16. The zero-order valence-electron chi connectivity index (χ0n) is 11.6. The summed E-state index contributed by atoms with van der Waals surface area (Å²) in [6.45, 7) is 4.35. The van der Waals surface area contributed by atoms with Crippen LogP contribution in [0.15, 0.2) is 0 Å². The monoisotopic (exact) mass is 281 g/mol. The van der Waals surface area contributed by atoms with Crippen LogP contribution in [0, 0.1) is 17.0 Å². The summed E-state index contributed by atoms with van der Waals surface area (Å²) in [5.41, 5.74) is -0.621. The van der Waals surface area contributed by atoms with E-state index in [-0.39, 0.29) is 18.1 Å². The number of aromatic nitrogens is 2. The molecule has 0 radical (unpaired) electrons. The lowest BCUT2D eigenvalue weighted by Crippen LogP contribution is -2.43. The first-order chi connectivity index (χ1) is 9.45. The van der Waals surface area contributed by atoms with Crippen LogP contribution in [0.25, 0.3) is 0 Å². The molecule has 0 unspecified atom stereocenters. The lowest BCUT2D eigenvalue weighted by molar-refractivity contribution is -0.385. The fraction of sp³-hybridized carbons (Fsp3) is 0.667. The number of nitrogens with zero attached hydrogens (tertiary/aromatic N) is 3. The molecule has 110 valence electrons. The van der Waals surface area contributed by atoms with E-state index < -0.39 is 10.5 Å². The first-order valence-corrected chi connectivity index (χ1v) is 6.68. The largest absolute Gasteiger partial charge is 0.388 e. The van der Waals surface area contributed by atoms with Gasteiger partial charge in [0.1, 0.15) is 5.69 Å². The summed E-state index contributed by atoms with van der Waals surface area (Å²) < 4.78 is 0. The molecule has 1 aliphatic carbocycles. The van der Waals surface area contributed by atoms with Crippen LogP contribution in [0.4, 0.5) is 17.5 Å². The minimum atomic E-state index is -0.773. The van der Waals surface area contributed by atoms with E-state index in [4.69, 9.17) is 0 Å². The molecule has 0 saturated heterocycles. The van der Waals surface area contributed by atoms with Crippen LogP contribution in [0.5, 0.6) is 0 Å². The third kappa shape index (κ3) is 2.96. The minimum absolute atomic E-state index is 0.144. The van der Waals surface area contributed by atoms with Gasteiger partial charge in [-0.05, 0) is 33.1 Å². The van der Waals surface area contributed by atoms with Crippen LogP contribution in [0.3, 0.4) is 0 Å². The number of aryl methyl sites for hydroxylation is 1. The van der Waals surface area contributed by atoms with Gasteiger partial charge in [0, 0.05) is 13.1 Å². The van der Waals surface area contributed by atoms with E-state index >= 15 is 0 Å². The Morgan fingerprint density at radius 2 is 2.10 bits per heavy atom. The molecule has 1 fully saturated rings. The summed E-state index contributed by atoms with van der Waals surface area (Å²) in [6.07, 6.45) is 2.39. The number of anilines is 2. The standard InChI is InChI=1S/C12H19N5O3/c1-3-13-11-15-8(2)9(17(19)20)10(16-11)14-7-12(18)5-4-6-12/h18H,3-7H2,1-2H3,(H2,13,14,15,16). The average molecular weight is 281 g/mol. The molecule has 1 saturated carbocycles. The smallest absolute Gasteiger partial charge is 0.332 e. The third-order valence-corrected chi connectivity index (χ3v) is 3.44. The van der Waals surface area contributed by atoms with Gasteiger partial charge in [-0.25, -0.2) is 4.98 Å². The van der Waals surface area contributed by atoms with Gasteiger partial charge in [-0.1, -0.05) is 0 Å². The highest BCUT2D eigenvalue weighted by atomic mass is 16.6. The van der Waals surface area contributed by atoms with Gasteiger partial charge in [-0.2, -0.15) is 4.98 Å². The maximum absolute atomic E-state index is 11.1. The van der Waals surface area contributed by atoms with Crippen molar-refractivity contribution in [3.8, 4) is 0 Å². The van der Waals surface area contributed by atoms with Gasteiger partial charge in [0.25, 0.3) is 0 Å². The Bertz CT molecular complexity index is 516. The van der Waals surface area contributed by atoms with Gasteiger partial charge >= 0.3 is 5.69 Å². The Kier molecular flexibility index (Phi) is 4.03. The summed E-state index contributed by atoms with van der Waals surface area (Å²) in [7, 11) is 0. The molecule has 1 aromatic heterocycles. The third-order valence-electron chi connectivity index (χ3n) is 3.44. The quantitative estimate of drug-likeness (QED) is 0.534. The van der Waals surface area contributed by atoms with Crippen LogP contribution in [-0.4, -0.2) is 38.7 Å². The van der Waals surface area contributed by atoms with Crippen molar-refractivity contribution in [3.05, 3.63) is 15.8 Å². The van der Waals surface area contributed by atoms with Crippen molar-refractivity contribution in [2.45, 2.75) is 38.7 Å². The summed E-state index contributed by atoms with van der Waals surface area (Å²) in [5.74, 6) is 0.498. The number of nitro groups is 1. The van der Waals surface area contributed by atoms with Gasteiger partial charge in [0.05, 0.1) is 10.5 Å². The van der Waals surface area contributed by atoms with Crippen LogP contribution in [0.1, 0.15) is 31.9 Å². The Hall–Kier alpha value is -1.96. The molecule has 3 N–H and O–H groups in total. The van der Waals surface area contributed by atoms with Crippen molar-refractivity contribution < 1.29 is 10.0 Å². The van der Waals surface area contributed by atoms with Gasteiger partial charge in [-0.15, -0.1) is 0 Å². The fourth-order valence-electron chi connectivity index (χ4n) is 2.16. The van der Waals surface area contributed by atoms with Crippen LogP contribution in [-0.2, 0) is 0 Å². The molecule has 0 atom stereocenters. The molecule has 0 amide bonds. The topological polar surface area (TPSA) is 113 Å². The van der Waals surface area contributed by atoms with Gasteiger partial charge < -0.3 is 15.7 Å². The van der Waals surface area contributed by atoms with E-state index in [9.17, 15) is 15.2 Å². The molecule has 0 aromatic carbocycles. The Morgan fingerprint density at radius 3 is 2.60 bits per heavy atom. The second kappa shape index (κ2) is 5.58. The van der Waals surface area contributed by atoms with Crippen molar-refractivity contribution in [1.29, 1.82) is 0 Å². The number of hydrogen-bond acceptors (Lipinski definition) is 7.